The van der Waals surface area contributed by atoms with E-state index < -0.39 is 23.8 Å². The SMILES string of the molecule is O=C(/C=C/c1ccc2c(c1)OCO2)NC(Cc1ccccc1)C(=O)Nc1ccc(C(=O)NO)cc1. The third-order valence-electron chi connectivity index (χ3n) is 5.26. The van der Waals surface area contributed by atoms with Crippen molar-refractivity contribution in [3.63, 3.8) is 0 Å². The molecule has 3 aromatic rings. The standard InChI is InChI=1S/C26H23N3O6/c30-24(13-7-18-6-12-22-23(15-18)35-16-34-22)28-21(14-17-4-2-1-3-5-17)26(32)27-20-10-8-19(9-11-20)25(31)29-33/h1-13,15,21,33H,14,16H2,(H,27,32)(H,28,30)(H,29,31)/b13-7+. The molecule has 35 heavy (non-hydrogen) atoms. The van der Waals surface area contributed by atoms with E-state index in [0.29, 0.717) is 17.2 Å². The first-order chi connectivity index (χ1) is 17.0. The third kappa shape index (κ3) is 6.24. The highest BCUT2D eigenvalue weighted by molar-refractivity contribution is 6.00. The zero-order chi connectivity index (χ0) is 24.6. The minimum Gasteiger partial charge on any atom is -0.454 e. The van der Waals surface area contributed by atoms with Gasteiger partial charge in [0, 0.05) is 23.7 Å². The normalized spacial score (nSPS) is 12.7. The lowest BCUT2D eigenvalue weighted by Gasteiger charge is -2.18. The van der Waals surface area contributed by atoms with Crippen LogP contribution in [0.4, 0.5) is 5.69 Å². The summed E-state index contributed by atoms with van der Waals surface area (Å²) in [5.41, 5.74) is 3.85. The van der Waals surface area contributed by atoms with E-state index in [2.05, 4.69) is 10.6 Å². The van der Waals surface area contributed by atoms with Crippen LogP contribution in [0.3, 0.4) is 0 Å². The molecule has 9 nitrogen and oxygen atoms in total. The summed E-state index contributed by atoms with van der Waals surface area (Å²) in [7, 11) is 0. The van der Waals surface area contributed by atoms with Gasteiger partial charge in [-0.25, -0.2) is 5.48 Å². The van der Waals surface area contributed by atoms with E-state index in [1.165, 1.54) is 30.3 Å². The molecule has 0 saturated carbocycles. The van der Waals surface area contributed by atoms with Crippen LogP contribution >= 0.6 is 0 Å². The number of carbonyl (C=O) groups is 3. The molecular weight excluding hydrogens is 450 g/mol. The quantitative estimate of drug-likeness (QED) is 0.226. The summed E-state index contributed by atoms with van der Waals surface area (Å²) in [4.78, 5) is 37.2. The molecule has 0 bridgehead atoms. The molecular formula is C26H23N3O6. The van der Waals surface area contributed by atoms with E-state index >= 15 is 0 Å². The fraction of sp³-hybridized carbons (Fsp3) is 0.115. The van der Waals surface area contributed by atoms with Gasteiger partial charge in [0.1, 0.15) is 6.04 Å². The first kappa shape index (κ1) is 23.5. The topological polar surface area (TPSA) is 126 Å². The molecule has 0 saturated heterocycles. The summed E-state index contributed by atoms with van der Waals surface area (Å²) in [6.07, 6.45) is 3.26. The van der Waals surface area contributed by atoms with E-state index in [4.69, 9.17) is 14.7 Å². The maximum Gasteiger partial charge on any atom is 0.274 e. The van der Waals surface area contributed by atoms with Crippen molar-refractivity contribution in [2.75, 3.05) is 12.1 Å². The number of fused-ring (bicyclic) bond motifs is 1. The van der Waals surface area contributed by atoms with Crippen LogP contribution in [0.1, 0.15) is 21.5 Å². The van der Waals surface area contributed by atoms with Crippen molar-refractivity contribution in [2.45, 2.75) is 12.5 Å². The Balaban J connectivity index is 1.45. The highest BCUT2D eigenvalue weighted by Crippen LogP contribution is 2.32. The van der Waals surface area contributed by atoms with Gasteiger partial charge in [0.05, 0.1) is 0 Å². The van der Waals surface area contributed by atoms with Crippen molar-refractivity contribution in [1.82, 2.24) is 10.8 Å². The predicted octanol–water partition coefficient (Wildman–Crippen LogP) is 2.91. The van der Waals surface area contributed by atoms with Crippen molar-refractivity contribution in [3.8, 4) is 11.5 Å². The number of ether oxygens (including phenoxy) is 2. The van der Waals surface area contributed by atoms with Gasteiger partial charge in [-0.2, -0.15) is 0 Å². The van der Waals surface area contributed by atoms with E-state index in [1.54, 1.807) is 29.8 Å². The van der Waals surface area contributed by atoms with Crippen molar-refractivity contribution in [1.29, 1.82) is 0 Å². The molecule has 3 amide bonds. The molecule has 1 atom stereocenters. The van der Waals surface area contributed by atoms with Gasteiger partial charge in [-0.1, -0.05) is 36.4 Å². The van der Waals surface area contributed by atoms with Crippen LogP contribution < -0.4 is 25.6 Å². The second kappa shape index (κ2) is 11.0. The minimum atomic E-state index is -0.855. The number of hydrogen-bond donors (Lipinski definition) is 4. The van der Waals surface area contributed by atoms with Crippen molar-refractivity contribution < 1.29 is 29.1 Å². The summed E-state index contributed by atoms with van der Waals surface area (Å²) in [5.74, 6) is -0.259. The van der Waals surface area contributed by atoms with Gasteiger partial charge in [-0.15, -0.1) is 0 Å². The second-order valence-corrected chi connectivity index (χ2v) is 7.70. The maximum atomic E-state index is 13.0. The number of anilines is 1. The summed E-state index contributed by atoms with van der Waals surface area (Å²) < 4.78 is 10.6. The van der Waals surface area contributed by atoms with Gasteiger partial charge in [-0.3, -0.25) is 19.6 Å². The smallest absolute Gasteiger partial charge is 0.274 e. The second-order valence-electron chi connectivity index (χ2n) is 7.70. The zero-order valence-electron chi connectivity index (χ0n) is 18.6. The Kier molecular flexibility index (Phi) is 7.39. The fourth-order valence-corrected chi connectivity index (χ4v) is 3.47. The Hall–Kier alpha value is -4.63. The average Bonchev–Trinajstić information content (AvgIpc) is 3.35. The lowest BCUT2D eigenvalue weighted by atomic mass is 10.0. The summed E-state index contributed by atoms with van der Waals surface area (Å²) in [6.45, 7) is 0.163. The van der Waals surface area contributed by atoms with Gasteiger partial charge >= 0.3 is 0 Å². The molecule has 0 spiro atoms. The van der Waals surface area contributed by atoms with Crippen LogP contribution in [-0.4, -0.2) is 35.8 Å². The largest absolute Gasteiger partial charge is 0.454 e. The zero-order valence-corrected chi connectivity index (χ0v) is 18.6. The van der Waals surface area contributed by atoms with Gasteiger partial charge in [0.15, 0.2) is 11.5 Å². The molecule has 1 unspecified atom stereocenters. The molecule has 0 aromatic heterocycles. The molecule has 0 fully saturated rings. The molecule has 1 heterocycles. The number of hydrogen-bond acceptors (Lipinski definition) is 6. The Morgan fingerprint density at radius 3 is 2.43 bits per heavy atom. The van der Waals surface area contributed by atoms with Crippen molar-refractivity contribution in [2.24, 2.45) is 0 Å². The van der Waals surface area contributed by atoms with E-state index in [0.717, 1.165) is 11.1 Å². The van der Waals surface area contributed by atoms with Gasteiger partial charge in [-0.05, 0) is 53.6 Å². The van der Waals surface area contributed by atoms with E-state index in [9.17, 15) is 14.4 Å². The predicted molar refractivity (Wildman–Crippen MR) is 128 cm³/mol. The number of rotatable bonds is 8. The van der Waals surface area contributed by atoms with E-state index in [1.807, 2.05) is 30.3 Å². The lowest BCUT2D eigenvalue weighted by molar-refractivity contribution is -0.123. The van der Waals surface area contributed by atoms with Gasteiger partial charge < -0.3 is 20.1 Å². The minimum absolute atomic E-state index is 0.163. The number of carbonyl (C=O) groups excluding carboxylic acids is 3. The molecule has 0 aliphatic carbocycles. The van der Waals surface area contributed by atoms with Crippen LogP contribution in [-0.2, 0) is 16.0 Å². The van der Waals surface area contributed by atoms with Crippen LogP contribution in [0.5, 0.6) is 11.5 Å². The highest BCUT2D eigenvalue weighted by Gasteiger charge is 2.21. The van der Waals surface area contributed by atoms with Crippen LogP contribution in [0.15, 0.2) is 78.9 Å². The molecule has 4 N–H and O–H groups in total. The van der Waals surface area contributed by atoms with Crippen LogP contribution in [0, 0.1) is 0 Å². The number of hydroxylamine groups is 1. The number of amides is 3. The number of nitrogens with one attached hydrogen (secondary N) is 3. The molecule has 9 heteroatoms. The molecule has 0 radical (unpaired) electrons. The Morgan fingerprint density at radius 1 is 0.943 bits per heavy atom. The van der Waals surface area contributed by atoms with E-state index in [-0.39, 0.29) is 18.8 Å². The molecule has 178 valence electrons. The molecule has 1 aliphatic heterocycles. The lowest BCUT2D eigenvalue weighted by Crippen LogP contribution is -2.44. The first-order valence-electron chi connectivity index (χ1n) is 10.8. The summed E-state index contributed by atoms with van der Waals surface area (Å²) in [5, 5.41) is 14.2. The average molecular weight is 473 g/mol. The highest BCUT2D eigenvalue weighted by atomic mass is 16.7. The first-order valence-corrected chi connectivity index (χ1v) is 10.8. The Labute approximate surface area is 201 Å². The van der Waals surface area contributed by atoms with Crippen molar-refractivity contribution >= 4 is 29.5 Å². The number of benzene rings is 3. The van der Waals surface area contributed by atoms with Crippen LogP contribution in [0.25, 0.3) is 6.08 Å². The van der Waals surface area contributed by atoms with Gasteiger partial charge in [0.25, 0.3) is 5.91 Å². The fourth-order valence-electron chi connectivity index (χ4n) is 3.47. The Morgan fingerprint density at radius 2 is 1.69 bits per heavy atom. The van der Waals surface area contributed by atoms with Crippen LogP contribution in [0.2, 0.25) is 0 Å². The van der Waals surface area contributed by atoms with Gasteiger partial charge in [0.2, 0.25) is 18.6 Å². The maximum absolute atomic E-state index is 13.0. The summed E-state index contributed by atoms with van der Waals surface area (Å²) >= 11 is 0. The molecule has 3 aromatic carbocycles. The molecule has 4 rings (SSSR count). The monoisotopic (exact) mass is 473 g/mol. The third-order valence-corrected chi connectivity index (χ3v) is 5.26. The molecule has 1 aliphatic rings. The Bertz CT molecular complexity index is 1240. The summed E-state index contributed by atoms with van der Waals surface area (Å²) in [6, 6.07) is 19.8. The van der Waals surface area contributed by atoms with Crippen molar-refractivity contribution in [3.05, 3.63) is 95.6 Å².